The predicted octanol–water partition coefficient (Wildman–Crippen LogP) is 6.53. The molecule has 0 aromatic heterocycles. The molecule has 4 saturated carbocycles. The molecule has 30 heavy (non-hydrogen) atoms. The Morgan fingerprint density at radius 3 is 2.27 bits per heavy atom. The predicted molar refractivity (Wildman–Crippen MR) is 118 cm³/mol. The van der Waals surface area contributed by atoms with Crippen LogP contribution in [-0.4, -0.2) is 5.97 Å². The van der Waals surface area contributed by atoms with Crippen LogP contribution in [0, 0.1) is 34.5 Å². The van der Waals surface area contributed by atoms with Gasteiger partial charge in [-0.1, -0.05) is 35.9 Å². The van der Waals surface area contributed by atoms with E-state index in [0.29, 0.717) is 34.1 Å². The van der Waals surface area contributed by atoms with E-state index in [2.05, 4.69) is 6.07 Å². The molecule has 0 atom stereocenters. The Hall–Kier alpha value is -2.57. The molecule has 0 saturated heterocycles. The normalized spacial score (nSPS) is 29.5. The van der Waals surface area contributed by atoms with Crippen LogP contribution in [0.1, 0.15) is 49.7 Å². The second kappa shape index (κ2) is 7.60. The highest BCUT2D eigenvalue weighted by molar-refractivity contribution is 6.30. The Labute approximate surface area is 182 Å². The molecule has 0 aliphatic heterocycles. The van der Waals surface area contributed by atoms with Gasteiger partial charge in [0.15, 0.2) is 0 Å². The molecule has 0 spiro atoms. The summed E-state index contributed by atoms with van der Waals surface area (Å²) in [7, 11) is 0. The molecule has 2 aromatic rings. The van der Waals surface area contributed by atoms with Crippen molar-refractivity contribution in [2.45, 2.75) is 38.5 Å². The van der Waals surface area contributed by atoms with Gasteiger partial charge in [-0.3, -0.25) is 4.79 Å². The number of hydrogen-bond donors (Lipinski definition) is 0. The fraction of sp³-hybridized carbons (Fsp3) is 0.385. The van der Waals surface area contributed by atoms with E-state index in [0.717, 1.165) is 30.4 Å². The lowest BCUT2D eigenvalue weighted by molar-refractivity contribution is -0.161. The van der Waals surface area contributed by atoms with E-state index in [1.165, 1.54) is 19.3 Å². The molecule has 4 aliphatic carbocycles. The fourth-order valence-electron chi connectivity index (χ4n) is 6.22. The van der Waals surface area contributed by atoms with Crippen molar-refractivity contribution in [2.75, 3.05) is 0 Å². The summed E-state index contributed by atoms with van der Waals surface area (Å²) in [6.07, 6.45) is 8.69. The zero-order valence-electron chi connectivity index (χ0n) is 16.8. The lowest BCUT2D eigenvalue weighted by atomic mass is 9.49. The van der Waals surface area contributed by atoms with Gasteiger partial charge in [-0.05, 0) is 97.7 Å². The average molecular weight is 418 g/mol. The van der Waals surface area contributed by atoms with E-state index < -0.39 is 0 Å². The smallest absolute Gasteiger partial charge is 0.317 e. The molecule has 152 valence electrons. The SMILES string of the molecule is N#C/C(=C/c1cccc(OC(=O)C23CC4CC(CC(C4)C2)C3)c1)c1ccc(Cl)cc1. The molecule has 4 bridgehead atoms. The molecule has 0 amide bonds. The van der Waals surface area contributed by atoms with Crippen LogP contribution in [0.4, 0.5) is 0 Å². The molecular formula is C26H24ClNO2. The fourth-order valence-corrected chi connectivity index (χ4v) is 6.35. The summed E-state index contributed by atoms with van der Waals surface area (Å²) in [5.41, 5.74) is 1.90. The molecule has 2 aromatic carbocycles. The van der Waals surface area contributed by atoms with Gasteiger partial charge < -0.3 is 4.74 Å². The standard InChI is InChI=1S/C26H24ClNO2/c27-23-6-4-21(5-7-23)22(16-28)11-17-2-1-3-24(12-17)30-25(29)26-13-18-8-19(14-26)10-20(9-18)15-26/h1-7,11-12,18-20H,8-10,13-15H2/b22-11-. The number of carbonyl (C=O) groups excluding carboxylic acids is 1. The van der Waals surface area contributed by atoms with Gasteiger partial charge >= 0.3 is 5.97 Å². The molecule has 4 aliphatic rings. The van der Waals surface area contributed by atoms with Crippen LogP contribution in [0.25, 0.3) is 11.6 Å². The van der Waals surface area contributed by atoms with Gasteiger partial charge in [0, 0.05) is 5.02 Å². The Morgan fingerprint density at radius 2 is 1.67 bits per heavy atom. The Balaban J connectivity index is 1.36. The largest absolute Gasteiger partial charge is 0.426 e. The third kappa shape index (κ3) is 3.66. The lowest BCUT2D eigenvalue weighted by Crippen LogP contribution is -2.51. The number of esters is 1. The number of ether oxygens (including phenoxy) is 1. The van der Waals surface area contributed by atoms with Crippen LogP contribution < -0.4 is 4.74 Å². The van der Waals surface area contributed by atoms with Crippen molar-refractivity contribution in [2.24, 2.45) is 23.2 Å². The number of hydrogen-bond acceptors (Lipinski definition) is 3. The second-order valence-electron chi connectivity index (χ2n) is 9.34. The molecule has 0 N–H and O–H groups in total. The van der Waals surface area contributed by atoms with Crippen molar-refractivity contribution in [3.05, 3.63) is 64.7 Å². The van der Waals surface area contributed by atoms with Crippen molar-refractivity contribution in [1.82, 2.24) is 0 Å². The molecular weight excluding hydrogens is 394 g/mol. The minimum atomic E-state index is -0.276. The minimum absolute atomic E-state index is 0.0547. The maximum Gasteiger partial charge on any atom is 0.317 e. The van der Waals surface area contributed by atoms with Crippen molar-refractivity contribution < 1.29 is 9.53 Å². The maximum absolute atomic E-state index is 13.2. The van der Waals surface area contributed by atoms with Gasteiger partial charge in [-0.25, -0.2) is 0 Å². The molecule has 6 rings (SSSR count). The Kier molecular flexibility index (Phi) is 4.91. The average Bonchev–Trinajstić information content (AvgIpc) is 2.72. The van der Waals surface area contributed by atoms with E-state index in [1.54, 1.807) is 12.1 Å². The summed E-state index contributed by atoms with van der Waals surface area (Å²) in [5.74, 6) is 2.61. The van der Waals surface area contributed by atoms with Gasteiger partial charge in [0.05, 0.1) is 17.1 Å². The summed E-state index contributed by atoms with van der Waals surface area (Å²) in [4.78, 5) is 13.2. The number of carbonyl (C=O) groups is 1. The minimum Gasteiger partial charge on any atom is -0.426 e. The van der Waals surface area contributed by atoms with Gasteiger partial charge in [0.2, 0.25) is 0 Å². The zero-order chi connectivity index (χ0) is 20.7. The summed E-state index contributed by atoms with van der Waals surface area (Å²) < 4.78 is 5.91. The highest BCUT2D eigenvalue weighted by atomic mass is 35.5. The van der Waals surface area contributed by atoms with Gasteiger partial charge in [0.1, 0.15) is 5.75 Å². The van der Waals surface area contributed by atoms with Crippen LogP contribution in [0.2, 0.25) is 5.02 Å². The highest BCUT2D eigenvalue weighted by Gasteiger charge is 2.55. The van der Waals surface area contributed by atoms with Crippen LogP contribution in [0.15, 0.2) is 48.5 Å². The van der Waals surface area contributed by atoms with Crippen molar-refractivity contribution in [1.29, 1.82) is 5.26 Å². The third-order valence-electron chi connectivity index (χ3n) is 7.13. The first-order chi connectivity index (χ1) is 14.5. The Bertz CT molecular complexity index is 1010. The van der Waals surface area contributed by atoms with Crippen LogP contribution in [0.3, 0.4) is 0 Å². The Morgan fingerprint density at radius 1 is 1.03 bits per heavy atom. The molecule has 4 fully saturated rings. The highest BCUT2D eigenvalue weighted by Crippen LogP contribution is 2.60. The van der Waals surface area contributed by atoms with E-state index in [-0.39, 0.29) is 11.4 Å². The number of allylic oxidation sites excluding steroid dienone is 1. The zero-order valence-corrected chi connectivity index (χ0v) is 17.6. The third-order valence-corrected chi connectivity index (χ3v) is 7.38. The summed E-state index contributed by atoms with van der Waals surface area (Å²) in [6, 6.07) is 16.9. The van der Waals surface area contributed by atoms with Crippen molar-refractivity contribution in [3.8, 4) is 11.8 Å². The first-order valence-corrected chi connectivity index (χ1v) is 11.1. The number of rotatable bonds is 4. The molecule has 0 heterocycles. The van der Waals surface area contributed by atoms with E-state index in [1.807, 2.05) is 42.5 Å². The molecule has 0 radical (unpaired) electrons. The van der Waals surface area contributed by atoms with Crippen LogP contribution in [0.5, 0.6) is 5.75 Å². The van der Waals surface area contributed by atoms with E-state index in [9.17, 15) is 10.1 Å². The summed E-state index contributed by atoms with van der Waals surface area (Å²) in [5, 5.41) is 10.2. The van der Waals surface area contributed by atoms with Crippen LogP contribution in [-0.2, 0) is 4.79 Å². The first kappa shape index (κ1) is 19.4. The molecule has 3 nitrogen and oxygen atoms in total. The monoisotopic (exact) mass is 417 g/mol. The van der Waals surface area contributed by atoms with Gasteiger partial charge in [-0.15, -0.1) is 0 Å². The van der Waals surface area contributed by atoms with Crippen molar-refractivity contribution >= 4 is 29.2 Å². The van der Waals surface area contributed by atoms with E-state index in [4.69, 9.17) is 16.3 Å². The quantitative estimate of drug-likeness (QED) is 0.246. The summed E-state index contributed by atoms with van der Waals surface area (Å²) in [6.45, 7) is 0. The first-order valence-electron chi connectivity index (χ1n) is 10.7. The van der Waals surface area contributed by atoms with Gasteiger partial charge in [-0.2, -0.15) is 5.26 Å². The van der Waals surface area contributed by atoms with Gasteiger partial charge in [0.25, 0.3) is 0 Å². The number of nitrogens with zero attached hydrogens (tertiary/aromatic N) is 1. The maximum atomic E-state index is 13.2. The number of nitriles is 1. The van der Waals surface area contributed by atoms with E-state index >= 15 is 0 Å². The molecule has 0 unspecified atom stereocenters. The lowest BCUT2D eigenvalue weighted by Gasteiger charge is -2.55. The number of halogens is 1. The summed E-state index contributed by atoms with van der Waals surface area (Å²) >= 11 is 5.95. The molecule has 4 heteroatoms. The topological polar surface area (TPSA) is 50.1 Å². The van der Waals surface area contributed by atoms with Crippen LogP contribution >= 0.6 is 11.6 Å². The number of benzene rings is 2. The second-order valence-corrected chi connectivity index (χ2v) is 9.77. The van der Waals surface area contributed by atoms with Crippen molar-refractivity contribution in [3.63, 3.8) is 0 Å².